The van der Waals surface area contributed by atoms with Gasteiger partial charge >= 0.3 is 0 Å². The highest BCUT2D eigenvalue weighted by atomic mass is 16.1. The van der Waals surface area contributed by atoms with Crippen molar-refractivity contribution in [1.82, 2.24) is 29.5 Å². The van der Waals surface area contributed by atoms with E-state index in [1.165, 1.54) is 11.9 Å². The highest BCUT2D eigenvalue weighted by Crippen LogP contribution is 2.26. The number of rotatable bonds is 5. The van der Waals surface area contributed by atoms with Crippen LogP contribution in [-0.2, 0) is 11.2 Å². The van der Waals surface area contributed by atoms with Gasteiger partial charge < -0.3 is 5.32 Å². The SMILES string of the molecule is Cc1ccc(-n2ncc3c(-n4nc(C)cc4NC(=O)Cc4cccc5ccccc45)ncnc32)c(C)c1. The van der Waals surface area contributed by atoms with Crippen LogP contribution in [0, 0.1) is 20.8 Å². The summed E-state index contributed by atoms with van der Waals surface area (Å²) in [5.74, 6) is 0.963. The number of anilines is 1. The summed E-state index contributed by atoms with van der Waals surface area (Å²) in [6, 6.07) is 22.1. The van der Waals surface area contributed by atoms with Crippen LogP contribution < -0.4 is 5.32 Å². The first-order chi connectivity index (χ1) is 18.0. The van der Waals surface area contributed by atoms with Gasteiger partial charge in [0.25, 0.3) is 0 Å². The maximum absolute atomic E-state index is 13.1. The number of aromatic nitrogens is 6. The number of carbonyl (C=O) groups is 1. The quantitative estimate of drug-likeness (QED) is 0.358. The topological polar surface area (TPSA) is 90.5 Å². The maximum Gasteiger partial charge on any atom is 0.229 e. The molecule has 0 unspecified atom stereocenters. The Morgan fingerprint density at radius 3 is 2.59 bits per heavy atom. The van der Waals surface area contributed by atoms with Crippen molar-refractivity contribution in [1.29, 1.82) is 0 Å². The molecule has 1 N–H and O–H groups in total. The van der Waals surface area contributed by atoms with Gasteiger partial charge in [-0.25, -0.2) is 14.6 Å². The molecule has 0 saturated heterocycles. The van der Waals surface area contributed by atoms with Crippen LogP contribution in [0.15, 0.2) is 79.3 Å². The molecule has 0 aliphatic rings. The molecule has 0 spiro atoms. The smallest absolute Gasteiger partial charge is 0.229 e. The van der Waals surface area contributed by atoms with Gasteiger partial charge in [0.05, 0.1) is 29.4 Å². The molecule has 3 heterocycles. The largest absolute Gasteiger partial charge is 0.310 e. The number of nitrogens with one attached hydrogen (secondary N) is 1. The van der Waals surface area contributed by atoms with Crippen LogP contribution in [0.3, 0.4) is 0 Å². The van der Waals surface area contributed by atoms with Gasteiger partial charge in [0, 0.05) is 6.07 Å². The van der Waals surface area contributed by atoms with Gasteiger partial charge in [0.1, 0.15) is 12.1 Å². The minimum Gasteiger partial charge on any atom is -0.310 e. The maximum atomic E-state index is 13.1. The third kappa shape index (κ3) is 4.12. The van der Waals surface area contributed by atoms with Crippen LogP contribution >= 0.6 is 0 Å². The highest BCUT2D eigenvalue weighted by molar-refractivity contribution is 5.96. The Morgan fingerprint density at radius 1 is 0.892 bits per heavy atom. The van der Waals surface area contributed by atoms with E-state index in [-0.39, 0.29) is 12.3 Å². The summed E-state index contributed by atoms with van der Waals surface area (Å²) in [5.41, 5.74) is 5.63. The number of fused-ring (bicyclic) bond motifs is 2. The Kier molecular flexibility index (Phi) is 5.49. The van der Waals surface area contributed by atoms with E-state index in [9.17, 15) is 4.79 Å². The van der Waals surface area contributed by atoms with Crippen molar-refractivity contribution in [3.63, 3.8) is 0 Å². The number of hydrogen-bond donors (Lipinski definition) is 1. The predicted octanol–water partition coefficient (Wildman–Crippen LogP) is 5.26. The van der Waals surface area contributed by atoms with E-state index in [0.29, 0.717) is 17.3 Å². The molecule has 8 heteroatoms. The number of amides is 1. The van der Waals surface area contributed by atoms with Gasteiger partial charge in [-0.15, -0.1) is 0 Å². The second kappa shape index (κ2) is 8.98. The van der Waals surface area contributed by atoms with Gasteiger partial charge in [-0.1, -0.05) is 60.2 Å². The van der Waals surface area contributed by atoms with Crippen molar-refractivity contribution >= 4 is 33.5 Å². The van der Waals surface area contributed by atoms with Crippen LogP contribution in [0.5, 0.6) is 0 Å². The summed E-state index contributed by atoms with van der Waals surface area (Å²) in [6.07, 6.45) is 3.48. The normalized spacial score (nSPS) is 11.3. The number of carbonyl (C=O) groups excluding carboxylic acids is 1. The Balaban J connectivity index is 1.35. The van der Waals surface area contributed by atoms with Gasteiger partial charge in [0.2, 0.25) is 5.91 Å². The molecular formula is C29H25N7O. The Bertz CT molecular complexity index is 1790. The molecule has 0 aliphatic heterocycles. The lowest BCUT2D eigenvalue weighted by Gasteiger charge is -2.11. The monoisotopic (exact) mass is 487 g/mol. The van der Waals surface area contributed by atoms with E-state index in [0.717, 1.165) is 38.7 Å². The number of aryl methyl sites for hydroxylation is 3. The molecule has 1 amide bonds. The van der Waals surface area contributed by atoms with Crippen molar-refractivity contribution < 1.29 is 4.79 Å². The Hall–Kier alpha value is -4.85. The highest BCUT2D eigenvalue weighted by Gasteiger charge is 2.18. The molecular weight excluding hydrogens is 462 g/mol. The molecule has 182 valence electrons. The second-order valence-electron chi connectivity index (χ2n) is 9.23. The molecule has 0 atom stereocenters. The van der Waals surface area contributed by atoms with Gasteiger partial charge in [0.15, 0.2) is 11.5 Å². The zero-order chi connectivity index (χ0) is 25.5. The lowest BCUT2D eigenvalue weighted by molar-refractivity contribution is -0.115. The summed E-state index contributed by atoms with van der Waals surface area (Å²) < 4.78 is 3.46. The second-order valence-corrected chi connectivity index (χ2v) is 9.23. The lowest BCUT2D eigenvalue weighted by atomic mass is 10.0. The van der Waals surface area contributed by atoms with Crippen molar-refractivity contribution in [3.05, 3.63) is 102 Å². The van der Waals surface area contributed by atoms with Crippen molar-refractivity contribution in [2.45, 2.75) is 27.2 Å². The number of benzene rings is 3. The molecule has 0 radical (unpaired) electrons. The average molecular weight is 488 g/mol. The molecule has 0 saturated carbocycles. The molecule has 6 rings (SSSR count). The third-order valence-electron chi connectivity index (χ3n) is 6.46. The standard InChI is InChI=1S/C29H25N7O/c1-18-11-12-25(19(2)13-18)35-28-24(16-32-35)29(31-17-30-28)36-26(14-20(3)34-36)33-27(37)15-22-9-6-8-21-7-4-5-10-23(21)22/h4-14,16-17H,15H2,1-3H3,(H,33,37). The molecule has 0 fully saturated rings. The van der Waals surface area contributed by atoms with E-state index in [2.05, 4.69) is 51.5 Å². The zero-order valence-electron chi connectivity index (χ0n) is 20.8. The Morgan fingerprint density at radius 2 is 1.73 bits per heavy atom. The Labute approximate surface area is 213 Å². The minimum absolute atomic E-state index is 0.131. The average Bonchev–Trinajstić information content (AvgIpc) is 3.47. The van der Waals surface area contributed by atoms with Crippen LogP contribution in [0.2, 0.25) is 0 Å². The van der Waals surface area contributed by atoms with Gasteiger partial charge in [-0.3, -0.25) is 4.79 Å². The molecule has 0 bridgehead atoms. The lowest BCUT2D eigenvalue weighted by Crippen LogP contribution is -2.17. The fourth-order valence-corrected chi connectivity index (χ4v) is 4.78. The summed E-state index contributed by atoms with van der Waals surface area (Å²) >= 11 is 0. The molecule has 6 aromatic rings. The van der Waals surface area contributed by atoms with Crippen molar-refractivity contribution in [2.24, 2.45) is 0 Å². The number of nitrogens with zero attached hydrogens (tertiary/aromatic N) is 6. The van der Waals surface area contributed by atoms with E-state index in [1.807, 2.05) is 66.2 Å². The molecule has 8 nitrogen and oxygen atoms in total. The molecule has 0 aliphatic carbocycles. The van der Waals surface area contributed by atoms with Crippen LogP contribution in [-0.4, -0.2) is 35.4 Å². The van der Waals surface area contributed by atoms with Crippen molar-refractivity contribution in [2.75, 3.05) is 5.32 Å². The van der Waals surface area contributed by atoms with E-state index < -0.39 is 0 Å². The van der Waals surface area contributed by atoms with E-state index in [1.54, 1.807) is 10.9 Å². The van der Waals surface area contributed by atoms with E-state index in [4.69, 9.17) is 0 Å². The van der Waals surface area contributed by atoms with Crippen LogP contribution in [0.1, 0.15) is 22.4 Å². The third-order valence-corrected chi connectivity index (χ3v) is 6.46. The zero-order valence-corrected chi connectivity index (χ0v) is 20.8. The first-order valence-corrected chi connectivity index (χ1v) is 12.1. The summed E-state index contributed by atoms with van der Waals surface area (Å²) in [4.78, 5) is 22.2. The van der Waals surface area contributed by atoms with Crippen molar-refractivity contribution in [3.8, 4) is 11.5 Å². The first-order valence-electron chi connectivity index (χ1n) is 12.1. The van der Waals surface area contributed by atoms with Gasteiger partial charge in [-0.05, 0) is 48.7 Å². The first kappa shape index (κ1) is 22.6. The predicted molar refractivity (Wildman–Crippen MR) is 144 cm³/mol. The fourth-order valence-electron chi connectivity index (χ4n) is 4.78. The van der Waals surface area contributed by atoms with Gasteiger partial charge in [-0.2, -0.15) is 14.9 Å². The summed E-state index contributed by atoms with van der Waals surface area (Å²) in [5, 5.41) is 15.2. The van der Waals surface area contributed by atoms with Crippen LogP contribution in [0.25, 0.3) is 33.3 Å². The number of hydrogen-bond acceptors (Lipinski definition) is 5. The summed E-state index contributed by atoms with van der Waals surface area (Å²) in [6.45, 7) is 6.00. The summed E-state index contributed by atoms with van der Waals surface area (Å²) in [7, 11) is 0. The fraction of sp³-hybridized carbons (Fsp3) is 0.138. The molecule has 3 aromatic carbocycles. The van der Waals surface area contributed by atoms with Crippen LogP contribution in [0.4, 0.5) is 5.82 Å². The molecule has 37 heavy (non-hydrogen) atoms. The van der Waals surface area contributed by atoms with E-state index >= 15 is 0 Å². The minimum atomic E-state index is -0.131. The molecule has 3 aromatic heterocycles.